The molecule has 5 rings (SSSR count). The van der Waals surface area contributed by atoms with Gasteiger partial charge in [0.25, 0.3) is 5.91 Å². The van der Waals surface area contributed by atoms with E-state index in [-0.39, 0.29) is 12.4 Å². The van der Waals surface area contributed by atoms with Crippen molar-refractivity contribution in [3.8, 4) is 5.75 Å². The molecule has 2 aliphatic rings. The van der Waals surface area contributed by atoms with E-state index in [1.807, 2.05) is 19.1 Å². The molecule has 0 spiro atoms. The van der Waals surface area contributed by atoms with Gasteiger partial charge in [-0.05, 0) is 88.2 Å². The van der Waals surface area contributed by atoms with Gasteiger partial charge in [-0.2, -0.15) is 13.2 Å². The maximum absolute atomic E-state index is 12.7. The van der Waals surface area contributed by atoms with E-state index in [0.29, 0.717) is 11.7 Å². The molecule has 2 saturated heterocycles. The molecule has 38 heavy (non-hydrogen) atoms. The number of halogens is 3. The lowest BCUT2D eigenvalue weighted by atomic mass is 10.00. The highest BCUT2D eigenvalue weighted by Gasteiger charge is 2.30. The van der Waals surface area contributed by atoms with Gasteiger partial charge in [0.1, 0.15) is 5.75 Å². The lowest BCUT2D eigenvalue weighted by Gasteiger charge is -2.40. The quantitative estimate of drug-likeness (QED) is 0.461. The van der Waals surface area contributed by atoms with Crippen LogP contribution in [0, 0.1) is 6.92 Å². The second-order valence-electron chi connectivity index (χ2n) is 10.0. The van der Waals surface area contributed by atoms with Crippen molar-refractivity contribution in [1.29, 1.82) is 0 Å². The van der Waals surface area contributed by atoms with Gasteiger partial charge in [-0.1, -0.05) is 6.42 Å². The molecular weight excluding hydrogens is 495 g/mol. The number of rotatable bonds is 6. The van der Waals surface area contributed by atoms with Gasteiger partial charge in [-0.25, -0.2) is 9.97 Å². The average molecular weight is 528 g/mol. The molecule has 7 nitrogen and oxygen atoms in total. The summed E-state index contributed by atoms with van der Waals surface area (Å²) in [5, 5.41) is 3.61. The molecule has 1 aromatic heterocycles. The van der Waals surface area contributed by atoms with Crippen LogP contribution >= 0.6 is 0 Å². The summed E-state index contributed by atoms with van der Waals surface area (Å²) < 4.78 is 43.4. The molecule has 0 unspecified atom stereocenters. The minimum Gasteiger partial charge on any atom is -0.484 e. The van der Waals surface area contributed by atoms with Crippen LogP contribution in [0.4, 0.5) is 24.8 Å². The third-order valence-electron chi connectivity index (χ3n) is 7.36. The number of alkyl halides is 3. The highest BCUT2D eigenvalue weighted by Crippen LogP contribution is 2.30. The second kappa shape index (κ2) is 11.1. The standard InChI is InChI=1S/C28H32F3N5O2/c1-19-24-17-21(33-26(37)18-38-23-8-5-20(6-9-23)28(29,30)31)7-10-25(24)34-27(32-19)36-15-11-22(12-16-36)35-13-3-2-4-14-35/h5-10,17,22H,2-4,11-16,18H2,1H3,(H,33,37). The normalized spacial score (nSPS) is 17.5. The van der Waals surface area contributed by atoms with Crippen molar-refractivity contribution in [2.45, 2.75) is 51.2 Å². The van der Waals surface area contributed by atoms with Crippen molar-refractivity contribution in [2.75, 3.05) is 43.0 Å². The number of likely N-dealkylation sites (tertiary alicyclic amines) is 1. The number of anilines is 2. The van der Waals surface area contributed by atoms with E-state index in [9.17, 15) is 18.0 Å². The first-order valence-corrected chi connectivity index (χ1v) is 13.1. The van der Waals surface area contributed by atoms with Crippen LogP contribution in [-0.2, 0) is 11.0 Å². The number of ether oxygens (including phenoxy) is 1. The van der Waals surface area contributed by atoms with Gasteiger partial charge < -0.3 is 19.9 Å². The van der Waals surface area contributed by atoms with Gasteiger partial charge >= 0.3 is 6.18 Å². The van der Waals surface area contributed by atoms with Crippen LogP contribution in [0.25, 0.3) is 10.9 Å². The van der Waals surface area contributed by atoms with Crippen LogP contribution in [0.1, 0.15) is 43.4 Å². The predicted octanol–water partition coefficient (Wildman–Crippen LogP) is 5.43. The molecule has 3 aromatic rings. The summed E-state index contributed by atoms with van der Waals surface area (Å²) in [6, 6.07) is 10.4. The molecule has 2 aliphatic heterocycles. The lowest BCUT2D eigenvalue weighted by molar-refractivity contribution is -0.137. The van der Waals surface area contributed by atoms with Gasteiger partial charge in [0.15, 0.2) is 6.61 Å². The molecular formula is C28H32F3N5O2. The van der Waals surface area contributed by atoms with Gasteiger partial charge in [0.2, 0.25) is 5.95 Å². The van der Waals surface area contributed by atoms with Gasteiger partial charge in [0.05, 0.1) is 16.8 Å². The number of nitrogens with one attached hydrogen (secondary N) is 1. The maximum atomic E-state index is 12.7. The van der Waals surface area contributed by atoms with Crippen LogP contribution in [0.15, 0.2) is 42.5 Å². The number of benzene rings is 2. The van der Waals surface area contributed by atoms with Crippen LogP contribution in [0.2, 0.25) is 0 Å². The minimum atomic E-state index is -4.42. The minimum absolute atomic E-state index is 0.184. The molecule has 1 N–H and O–H groups in total. The summed E-state index contributed by atoms with van der Waals surface area (Å²) in [5.74, 6) is 0.508. The van der Waals surface area contributed by atoms with Crippen molar-refractivity contribution >= 4 is 28.4 Å². The Kier molecular flexibility index (Phi) is 7.69. The summed E-state index contributed by atoms with van der Waals surface area (Å²) in [5.41, 5.74) is 1.44. The smallest absolute Gasteiger partial charge is 0.416 e. The van der Waals surface area contributed by atoms with Crippen molar-refractivity contribution in [3.05, 3.63) is 53.7 Å². The number of carbonyl (C=O) groups excluding carboxylic acids is 1. The number of amides is 1. The van der Waals surface area contributed by atoms with Crippen molar-refractivity contribution in [3.63, 3.8) is 0 Å². The molecule has 0 bridgehead atoms. The van der Waals surface area contributed by atoms with E-state index in [2.05, 4.69) is 15.1 Å². The second-order valence-corrected chi connectivity index (χ2v) is 10.0. The Bertz CT molecular complexity index is 1270. The number of carbonyl (C=O) groups is 1. The summed E-state index contributed by atoms with van der Waals surface area (Å²) in [6.07, 6.45) is 1.79. The van der Waals surface area contributed by atoms with Crippen LogP contribution < -0.4 is 15.0 Å². The largest absolute Gasteiger partial charge is 0.484 e. The first kappa shape index (κ1) is 26.2. The Morgan fingerprint density at radius 1 is 1.00 bits per heavy atom. The molecule has 0 saturated carbocycles. The molecule has 3 heterocycles. The van der Waals surface area contributed by atoms with Gasteiger partial charge in [0, 0.05) is 30.2 Å². The van der Waals surface area contributed by atoms with Crippen LogP contribution in [-0.4, -0.2) is 59.6 Å². The zero-order valence-electron chi connectivity index (χ0n) is 21.4. The zero-order chi connectivity index (χ0) is 26.7. The molecule has 10 heteroatoms. The molecule has 2 aromatic carbocycles. The van der Waals surface area contributed by atoms with Crippen molar-refractivity contribution in [1.82, 2.24) is 14.9 Å². The predicted molar refractivity (Wildman–Crippen MR) is 141 cm³/mol. The van der Waals surface area contributed by atoms with Crippen LogP contribution in [0.5, 0.6) is 5.75 Å². The van der Waals surface area contributed by atoms with E-state index < -0.39 is 17.6 Å². The number of hydrogen-bond acceptors (Lipinski definition) is 6. The number of hydrogen-bond donors (Lipinski definition) is 1. The molecule has 202 valence electrons. The van der Waals surface area contributed by atoms with Gasteiger partial charge in [-0.15, -0.1) is 0 Å². The highest BCUT2D eigenvalue weighted by atomic mass is 19.4. The average Bonchev–Trinajstić information content (AvgIpc) is 2.92. The fraction of sp³-hybridized carbons (Fsp3) is 0.464. The number of piperidine rings is 2. The van der Waals surface area contributed by atoms with Crippen molar-refractivity contribution in [2.24, 2.45) is 0 Å². The molecule has 0 atom stereocenters. The number of aryl methyl sites for hydroxylation is 1. The molecule has 2 fully saturated rings. The summed E-state index contributed by atoms with van der Waals surface area (Å²) >= 11 is 0. The fourth-order valence-electron chi connectivity index (χ4n) is 5.29. The summed E-state index contributed by atoms with van der Waals surface area (Å²) in [6.45, 7) is 5.93. The number of fused-ring (bicyclic) bond motifs is 1. The van der Waals surface area contributed by atoms with Crippen LogP contribution in [0.3, 0.4) is 0 Å². The fourth-order valence-corrected chi connectivity index (χ4v) is 5.29. The topological polar surface area (TPSA) is 70.6 Å². The monoisotopic (exact) mass is 527 g/mol. The lowest BCUT2D eigenvalue weighted by Crippen LogP contribution is -2.47. The Balaban J connectivity index is 1.18. The van der Waals surface area contributed by atoms with Gasteiger partial charge in [-0.3, -0.25) is 4.79 Å². The Morgan fingerprint density at radius 3 is 2.39 bits per heavy atom. The third-order valence-corrected chi connectivity index (χ3v) is 7.36. The Morgan fingerprint density at radius 2 is 1.71 bits per heavy atom. The molecule has 0 aliphatic carbocycles. The Labute approximate surface area is 220 Å². The molecule has 1 amide bonds. The van der Waals surface area contributed by atoms with E-state index in [1.165, 1.54) is 44.5 Å². The number of aromatic nitrogens is 2. The first-order valence-electron chi connectivity index (χ1n) is 13.1. The highest BCUT2D eigenvalue weighted by molar-refractivity contribution is 5.95. The summed E-state index contributed by atoms with van der Waals surface area (Å²) in [7, 11) is 0. The zero-order valence-corrected chi connectivity index (χ0v) is 21.4. The summed E-state index contributed by atoms with van der Waals surface area (Å²) in [4.78, 5) is 26.9. The van der Waals surface area contributed by atoms with E-state index in [0.717, 1.165) is 60.6 Å². The molecule has 0 radical (unpaired) electrons. The number of nitrogens with zero attached hydrogens (tertiary/aromatic N) is 4. The first-order chi connectivity index (χ1) is 18.3. The maximum Gasteiger partial charge on any atom is 0.416 e. The third kappa shape index (κ3) is 6.18. The van der Waals surface area contributed by atoms with E-state index >= 15 is 0 Å². The van der Waals surface area contributed by atoms with E-state index in [1.54, 1.807) is 6.07 Å². The SMILES string of the molecule is Cc1nc(N2CCC(N3CCCCC3)CC2)nc2ccc(NC(=O)COc3ccc(C(F)(F)F)cc3)cc12. The van der Waals surface area contributed by atoms with E-state index in [4.69, 9.17) is 14.7 Å². The van der Waals surface area contributed by atoms with Crippen molar-refractivity contribution < 1.29 is 22.7 Å². The Hall–Kier alpha value is -3.40.